The molecule has 6 nitrogen and oxygen atoms in total. The Morgan fingerprint density at radius 3 is 2.76 bits per heavy atom. The Morgan fingerprint density at radius 2 is 2.03 bits per heavy atom. The van der Waals surface area contributed by atoms with Crippen LogP contribution < -0.4 is 15.6 Å². The van der Waals surface area contributed by atoms with Crippen molar-refractivity contribution in [1.29, 1.82) is 0 Å². The maximum Gasteiger partial charge on any atom is 0.258 e. The van der Waals surface area contributed by atoms with E-state index in [-0.39, 0.29) is 22.6 Å². The first-order valence-corrected chi connectivity index (χ1v) is 13.9. The lowest BCUT2D eigenvalue weighted by molar-refractivity contribution is -0.113. The molecule has 1 fully saturated rings. The first-order chi connectivity index (χ1) is 18.0. The molecule has 0 bridgehead atoms. The fourth-order valence-corrected chi connectivity index (χ4v) is 6.75. The van der Waals surface area contributed by atoms with E-state index in [1.165, 1.54) is 23.7 Å². The van der Waals surface area contributed by atoms with Crippen LogP contribution in [0.1, 0.15) is 43.2 Å². The molecule has 0 aliphatic heterocycles. The monoisotopic (exact) mass is 535 g/mol. The van der Waals surface area contributed by atoms with E-state index in [0.29, 0.717) is 28.2 Å². The van der Waals surface area contributed by atoms with Crippen molar-refractivity contribution in [3.05, 3.63) is 81.6 Å². The number of methoxy groups -OCH3 is 1. The van der Waals surface area contributed by atoms with E-state index in [9.17, 15) is 9.59 Å². The molecule has 0 radical (unpaired) electrons. The molecule has 1 heterocycles. The smallest absolute Gasteiger partial charge is 0.258 e. The number of hydrogen-bond acceptors (Lipinski definition) is 5. The number of rotatable bonds is 7. The molecule has 1 spiro atoms. The van der Waals surface area contributed by atoms with E-state index in [2.05, 4.69) is 30.1 Å². The zero-order chi connectivity index (χ0) is 26.0. The molecule has 0 atom stereocenters. The Bertz CT molecular complexity index is 1410. The zero-order valence-corrected chi connectivity index (χ0v) is 22.5. The lowest BCUT2D eigenvalue weighted by Gasteiger charge is -2.42. The second-order valence-corrected chi connectivity index (χ2v) is 11.0. The highest BCUT2D eigenvalue weighted by atomic mass is 35.5. The fraction of sp³-hybridized carbons (Fsp3) is 0.345. The summed E-state index contributed by atoms with van der Waals surface area (Å²) in [6, 6.07) is 13.4. The number of amides is 1. The van der Waals surface area contributed by atoms with Crippen molar-refractivity contribution in [1.82, 2.24) is 9.55 Å². The van der Waals surface area contributed by atoms with Gasteiger partial charge in [-0.2, -0.15) is 0 Å². The maximum absolute atomic E-state index is 14.1. The zero-order valence-electron chi connectivity index (χ0n) is 20.9. The summed E-state index contributed by atoms with van der Waals surface area (Å²) in [5, 5.41) is 3.80. The van der Waals surface area contributed by atoms with E-state index >= 15 is 0 Å². The number of hydrogen-bond donors (Lipinski definition) is 1. The number of halogens is 1. The SMILES string of the molecule is C=CCn1c(SCC(=O)Nc2ccc(OC)c(Cl)c2)nc2c(c1=O)C1(CCCCC1)Cc1ccccc1-2. The van der Waals surface area contributed by atoms with Crippen LogP contribution in [0.5, 0.6) is 5.75 Å². The molecule has 1 amide bonds. The molecule has 1 N–H and O–H groups in total. The van der Waals surface area contributed by atoms with Gasteiger partial charge in [0.15, 0.2) is 5.16 Å². The molecule has 5 rings (SSSR count). The molecule has 0 saturated heterocycles. The molecule has 0 unspecified atom stereocenters. The molecule has 1 saturated carbocycles. The first kappa shape index (κ1) is 25.6. The Labute approximate surface area is 226 Å². The third-order valence-electron chi connectivity index (χ3n) is 7.36. The largest absolute Gasteiger partial charge is 0.495 e. The number of ether oxygens (including phenoxy) is 1. The topological polar surface area (TPSA) is 73.2 Å². The Hall–Kier alpha value is -3.03. The standard InChI is InChI=1S/C29H30ClN3O3S/c1-3-15-33-27(35)25-26(21-10-6-5-9-19(21)17-29(25)13-7-4-8-14-29)32-28(33)37-18-24(34)31-20-11-12-23(36-2)22(30)16-20/h3,5-6,9-12,16H,1,4,7-8,13-15,17-18H2,2H3,(H,31,34). The van der Waals surface area contributed by atoms with Gasteiger partial charge >= 0.3 is 0 Å². The van der Waals surface area contributed by atoms with Gasteiger partial charge in [-0.1, -0.05) is 73.0 Å². The van der Waals surface area contributed by atoms with Gasteiger partial charge in [0.25, 0.3) is 5.56 Å². The number of nitrogens with one attached hydrogen (secondary N) is 1. The summed E-state index contributed by atoms with van der Waals surface area (Å²) < 4.78 is 6.85. The highest BCUT2D eigenvalue weighted by Gasteiger charge is 2.43. The van der Waals surface area contributed by atoms with Crippen LogP contribution in [0.3, 0.4) is 0 Å². The molecule has 37 heavy (non-hydrogen) atoms. The molecule has 3 aromatic rings. The highest BCUT2D eigenvalue weighted by Crippen LogP contribution is 2.48. The summed E-state index contributed by atoms with van der Waals surface area (Å²) in [6.07, 6.45) is 8.03. The third-order valence-corrected chi connectivity index (χ3v) is 8.63. The number of thioether (sulfide) groups is 1. The molecule has 2 aliphatic carbocycles. The maximum atomic E-state index is 14.1. The average Bonchev–Trinajstić information content (AvgIpc) is 2.89. The summed E-state index contributed by atoms with van der Waals surface area (Å²) in [5.41, 5.74) is 4.28. The molecular formula is C29H30ClN3O3S. The number of anilines is 1. The van der Waals surface area contributed by atoms with E-state index in [4.69, 9.17) is 21.3 Å². The van der Waals surface area contributed by atoms with Crippen molar-refractivity contribution in [3.63, 3.8) is 0 Å². The van der Waals surface area contributed by atoms with Gasteiger partial charge in [-0.25, -0.2) is 4.98 Å². The summed E-state index contributed by atoms with van der Waals surface area (Å²) >= 11 is 7.45. The Balaban J connectivity index is 1.49. The van der Waals surface area contributed by atoms with E-state index in [1.807, 2.05) is 6.07 Å². The lowest BCUT2D eigenvalue weighted by Crippen LogP contribution is -2.43. The lowest BCUT2D eigenvalue weighted by atomic mass is 9.62. The van der Waals surface area contributed by atoms with Gasteiger partial charge in [-0.3, -0.25) is 14.2 Å². The van der Waals surface area contributed by atoms with Crippen LogP contribution >= 0.6 is 23.4 Å². The van der Waals surface area contributed by atoms with Gasteiger partial charge in [0.05, 0.1) is 29.1 Å². The van der Waals surface area contributed by atoms with Crippen LogP contribution in [0.15, 0.2) is 65.1 Å². The average molecular weight is 536 g/mol. The summed E-state index contributed by atoms with van der Waals surface area (Å²) in [4.78, 5) is 31.9. The van der Waals surface area contributed by atoms with Crippen LogP contribution in [-0.4, -0.2) is 28.3 Å². The van der Waals surface area contributed by atoms with Gasteiger partial charge in [-0.15, -0.1) is 6.58 Å². The van der Waals surface area contributed by atoms with Crippen LogP contribution in [0, 0.1) is 0 Å². The predicted octanol–water partition coefficient (Wildman–Crippen LogP) is 6.25. The Morgan fingerprint density at radius 1 is 1.24 bits per heavy atom. The highest BCUT2D eigenvalue weighted by molar-refractivity contribution is 7.99. The van der Waals surface area contributed by atoms with Crippen molar-refractivity contribution in [3.8, 4) is 17.0 Å². The minimum atomic E-state index is -0.215. The summed E-state index contributed by atoms with van der Waals surface area (Å²) in [7, 11) is 1.54. The van der Waals surface area contributed by atoms with Gasteiger partial charge < -0.3 is 10.1 Å². The van der Waals surface area contributed by atoms with Crippen molar-refractivity contribution in [2.75, 3.05) is 18.2 Å². The van der Waals surface area contributed by atoms with E-state index in [1.54, 1.807) is 36.0 Å². The van der Waals surface area contributed by atoms with Crippen molar-refractivity contribution in [2.45, 2.75) is 55.6 Å². The molecule has 8 heteroatoms. The van der Waals surface area contributed by atoms with Crippen molar-refractivity contribution < 1.29 is 9.53 Å². The van der Waals surface area contributed by atoms with Crippen LogP contribution in [0.25, 0.3) is 11.3 Å². The van der Waals surface area contributed by atoms with Gasteiger partial charge in [-0.05, 0) is 43.0 Å². The third kappa shape index (κ3) is 4.94. The van der Waals surface area contributed by atoms with Crippen LogP contribution in [-0.2, 0) is 23.2 Å². The fourth-order valence-electron chi connectivity index (χ4n) is 5.69. The van der Waals surface area contributed by atoms with E-state index in [0.717, 1.165) is 48.9 Å². The molecule has 2 aliphatic rings. The predicted molar refractivity (Wildman–Crippen MR) is 150 cm³/mol. The first-order valence-electron chi connectivity index (χ1n) is 12.6. The number of carbonyl (C=O) groups is 1. The molecule has 1 aromatic heterocycles. The summed E-state index contributed by atoms with van der Waals surface area (Å²) in [5.74, 6) is 0.419. The quantitative estimate of drug-likeness (QED) is 0.220. The number of carbonyl (C=O) groups excluding carboxylic acids is 1. The molecule has 2 aromatic carbocycles. The molecule has 192 valence electrons. The summed E-state index contributed by atoms with van der Waals surface area (Å²) in [6.45, 7) is 4.21. The Kier molecular flexibility index (Phi) is 7.45. The number of benzene rings is 2. The van der Waals surface area contributed by atoms with Crippen molar-refractivity contribution >= 4 is 35.0 Å². The van der Waals surface area contributed by atoms with Crippen LogP contribution in [0.2, 0.25) is 5.02 Å². The number of aromatic nitrogens is 2. The van der Waals surface area contributed by atoms with E-state index < -0.39 is 0 Å². The minimum absolute atomic E-state index is 0.00820. The van der Waals surface area contributed by atoms with Gasteiger partial charge in [0.2, 0.25) is 5.91 Å². The normalized spacial score (nSPS) is 15.5. The number of nitrogens with zero attached hydrogens (tertiary/aromatic N) is 2. The van der Waals surface area contributed by atoms with Crippen LogP contribution in [0.4, 0.5) is 5.69 Å². The second kappa shape index (κ2) is 10.8. The van der Waals surface area contributed by atoms with Crippen molar-refractivity contribution in [2.24, 2.45) is 0 Å². The number of fused-ring (bicyclic) bond motifs is 4. The van der Waals surface area contributed by atoms with Gasteiger partial charge in [0, 0.05) is 23.2 Å². The minimum Gasteiger partial charge on any atom is -0.495 e. The molecular weight excluding hydrogens is 506 g/mol. The second-order valence-electron chi connectivity index (χ2n) is 9.68. The number of allylic oxidation sites excluding steroid dienone is 1. The van der Waals surface area contributed by atoms with Gasteiger partial charge in [0.1, 0.15) is 5.75 Å².